The maximum Gasteiger partial charge on any atom is 0.295 e. The highest BCUT2D eigenvalue weighted by Gasteiger charge is 2.45. The third kappa shape index (κ3) is 4.69. The number of aryl methyl sites for hydroxylation is 1. The third-order valence-corrected chi connectivity index (χ3v) is 5.91. The molecule has 0 radical (unpaired) electrons. The van der Waals surface area contributed by atoms with Crippen LogP contribution in [0.3, 0.4) is 0 Å². The summed E-state index contributed by atoms with van der Waals surface area (Å²) in [5.74, 6) is -1.97. The van der Waals surface area contributed by atoms with Crippen LogP contribution in [0.1, 0.15) is 43.5 Å². The summed E-state index contributed by atoms with van der Waals surface area (Å²) in [5.41, 5.74) is 2.21. The number of aliphatic hydroxyl groups is 1. The second-order valence-electron chi connectivity index (χ2n) is 7.62. The number of carbonyl (C=O) groups excluding carboxylic acids is 2. The molecular weight excluding hydrogens is 395 g/mol. The number of hydrogen-bond donors (Lipinski definition) is 1. The molecule has 0 aromatic heterocycles. The number of carbonyl (C=O) groups is 2. The molecule has 31 heavy (non-hydrogen) atoms. The third-order valence-electron chi connectivity index (χ3n) is 5.91. The lowest BCUT2D eigenvalue weighted by atomic mass is 9.95. The molecule has 0 bridgehead atoms. The van der Waals surface area contributed by atoms with Gasteiger partial charge >= 0.3 is 0 Å². The number of likely N-dealkylation sites (N-methyl/N-ethyl adjacent to an activating group) is 1. The molecule has 164 valence electrons. The van der Waals surface area contributed by atoms with Crippen molar-refractivity contribution in [3.05, 3.63) is 76.6 Å². The standard InChI is InChI=1S/C25H29FN2O3/c1-4-17-7-9-19(10-8-17)23(29)21-22(18-11-13-20(26)14-12-18)28(25(31)24(21)30)16-15-27(5-2)6-3/h7-14,22,29H,4-6,15-16H2,1-3H3/b23-21-. The van der Waals surface area contributed by atoms with Gasteiger partial charge < -0.3 is 14.9 Å². The SMILES string of the molecule is CCc1ccc(/C(O)=C2/C(=O)C(=O)N(CCN(CC)CC)C2c2ccc(F)cc2)cc1. The highest BCUT2D eigenvalue weighted by Crippen LogP contribution is 2.39. The number of ketones is 1. The summed E-state index contributed by atoms with van der Waals surface area (Å²) < 4.78 is 13.5. The number of amides is 1. The summed E-state index contributed by atoms with van der Waals surface area (Å²) in [7, 11) is 0. The number of likely N-dealkylation sites (tertiary alicyclic amines) is 1. The van der Waals surface area contributed by atoms with Gasteiger partial charge in [-0.2, -0.15) is 0 Å². The number of rotatable bonds is 8. The molecule has 1 heterocycles. The Hall–Kier alpha value is -2.99. The molecule has 6 heteroatoms. The monoisotopic (exact) mass is 424 g/mol. The zero-order valence-electron chi connectivity index (χ0n) is 18.3. The van der Waals surface area contributed by atoms with Gasteiger partial charge in [0.2, 0.25) is 0 Å². The Morgan fingerprint density at radius 3 is 2.16 bits per heavy atom. The Bertz CT molecular complexity index is 963. The molecule has 1 aliphatic rings. The first-order chi connectivity index (χ1) is 14.9. The van der Waals surface area contributed by atoms with Gasteiger partial charge in [-0.25, -0.2) is 4.39 Å². The van der Waals surface area contributed by atoms with Crippen molar-refractivity contribution in [3.63, 3.8) is 0 Å². The number of hydrogen-bond acceptors (Lipinski definition) is 4. The average Bonchev–Trinajstić information content (AvgIpc) is 3.05. The van der Waals surface area contributed by atoms with Crippen LogP contribution in [-0.4, -0.2) is 52.8 Å². The smallest absolute Gasteiger partial charge is 0.295 e. The van der Waals surface area contributed by atoms with Crippen molar-refractivity contribution >= 4 is 17.4 Å². The molecule has 1 unspecified atom stereocenters. The molecule has 0 saturated carbocycles. The quantitative estimate of drug-likeness (QED) is 0.393. The largest absolute Gasteiger partial charge is 0.507 e. The molecule has 2 aromatic rings. The van der Waals surface area contributed by atoms with Crippen LogP contribution in [0.2, 0.25) is 0 Å². The van der Waals surface area contributed by atoms with E-state index >= 15 is 0 Å². The van der Waals surface area contributed by atoms with Crippen molar-refractivity contribution in [2.24, 2.45) is 0 Å². The van der Waals surface area contributed by atoms with Crippen molar-refractivity contribution < 1.29 is 19.1 Å². The molecule has 0 spiro atoms. The zero-order chi connectivity index (χ0) is 22.5. The first-order valence-electron chi connectivity index (χ1n) is 10.8. The molecule has 5 nitrogen and oxygen atoms in total. The molecular formula is C25H29FN2O3. The fraction of sp³-hybridized carbons (Fsp3) is 0.360. The molecule has 1 amide bonds. The fourth-order valence-corrected chi connectivity index (χ4v) is 3.95. The van der Waals surface area contributed by atoms with E-state index in [2.05, 4.69) is 4.90 Å². The summed E-state index contributed by atoms with van der Waals surface area (Å²) in [4.78, 5) is 29.6. The van der Waals surface area contributed by atoms with Crippen LogP contribution in [0, 0.1) is 5.82 Å². The predicted octanol–water partition coefficient (Wildman–Crippen LogP) is 4.15. The normalized spacial score (nSPS) is 18.2. The Morgan fingerprint density at radius 1 is 1.00 bits per heavy atom. The zero-order valence-corrected chi connectivity index (χ0v) is 18.3. The topological polar surface area (TPSA) is 60.9 Å². The van der Waals surface area contributed by atoms with E-state index in [9.17, 15) is 19.1 Å². The van der Waals surface area contributed by atoms with E-state index in [1.54, 1.807) is 24.3 Å². The maximum absolute atomic E-state index is 13.5. The number of aliphatic hydroxyl groups excluding tert-OH is 1. The second kappa shape index (κ2) is 9.88. The number of halogens is 1. The Kier molecular flexibility index (Phi) is 7.23. The van der Waals surface area contributed by atoms with Crippen molar-refractivity contribution in [1.29, 1.82) is 0 Å². The van der Waals surface area contributed by atoms with Gasteiger partial charge in [0, 0.05) is 18.7 Å². The van der Waals surface area contributed by atoms with Gasteiger partial charge in [-0.3, -0.25) is 9.59 Å². The number of nitrogens with zero attached hydrogens (tertiary/aromatic N) is 2. The lowest BCUT2D eigenvalue weighted by Crippen LogP contribution is -2.38. The fourth-order valence-electron chi connectivity index (χ4n) is 3.95. The molecule has 2 aromatic carbocycles. The molecule has 1 fully saturated rings. The lowest BCUT2D eigenvalue weighted by Gasteiger charge is -2.28. The first kappa shape index (κ1) is 22.7. The summed E-state index contributed by atoms with van der Waals surface area (Å²) in [5, 5.41) is 11.0. The highest BCUT2D eigenvalue weighted by atomic mass is 19.1. The van der Waals surface area contributed by atoms with Gasteiger partial charge in [0.25, 0.3) is 11.7 Å². The minimum Gasteiger partial charge on any atom is -0.507 e. The van der Waals surface area contributed by atoms with Crippen LogP contribution in [0.25, 0.3) is 5.76 Å². The Morgan fingerprint density at radius 2 is 1.61 bits per heavy atom. The van der Waals surface area contributed by atoms with Gasteiger partial charge in [-0.1, -0.05) is 57.2 Å². The van der Waals surface area contributed by atoms with E-state index in [0.29, 0.717) is 24.2 Å². The van der Waals surface area contributed by atoms with E-state index in [0.717, 1.165) is 25.1 Å². The van der Waals surface area contributed by atoms with Crippen LogP contribution in [-0.2, 0) is 16.0 Å². The van der Waals surface area contributed by atoms with Gasteiger partial charge in [0.15, 0.2) is 0 Å². The van der Waals surface area contributed by atoms with E-state index in [-0.39, 0.29) is 11.3 Å². The van der Waals surface area contributed by atoms with E-state index in [1.807, 2.05) is 32.9 Å². The summed E-state index contributed by atoms with van der Waals surface area (Å²) in [6.07, 6.45) is 0.854. The average molecular weight is 425 g/mol. The first-order valence-corrected chi connectivity index (χ1v) is 10.8. The van der Waals surface area contributed by atoms with Gasteiger partial charge in [-0.15, -0.1) is 0 Å². The molecule has 1 saturated heterocycles. The van der Waals surface area contributed by atoms with Crippen molar-refractivity contribution in [2.75, 3.05) is 26.2 Å². The summed E-state index contributed by atoms with van der Waals surface area (Å²) in [6, 6.07) is 12.2. The molecule has 1 atom stereocenters. The van der Waals surface area contributed by atoms with Crippen LogP contribution < -0.4 is 0 Å². The van der Waals surface area contributed by atoms with Crippen LogP contribution in [0.5, 0.6) is 0 Å². The van der Waals surface area contributed by atoms with Crippen LogP contribution in [0.4, 0.5) is 4.39 Å². The van der Waals surface area contributed by atoms with Gasteiger partial charge in [0.1, 0.15) is 11.6 Å². The van der Waals surface area contributed by atoms with Crippen LogP contribution >= 0.6 is 0 Å². The summed E-state index contributed by atoms with van der Waals surface area (Å²) in [6.45, 7) is 8.69. The van der Waals surface area contributed by atoms with Gasteiger partial charge in [0.05, 0.1) is 11.6 Å². The predicted molar refractivity (Wildman–Crippen MR) is 119 cm³/mol. The molecule has 1 aliphatic heterocycles. The van der Waals surface area contributed by atoms with Crippen molar-refractivity contribution in [2.45, 2.75) is 33.2 Å². The van der Waals surface area contributed by atoms with Crippen LogP contribution in [0.15, 0.2) is 54.1 Å². The minimum absolute atomic E-state index is 0.0420. The van der Waals surface area contributed by atoms with E-state index < -0.39 is 23.5 Å². The minimum atomic E-state index is -0.762. The van der Waals surface area contributed by atoms with E-state index in [1.165, 1.54) is 17.0 Å². The molecule has 0 aliphatic carbocycles. The van der Waals surface area contributed by atoms with Gasteiger partial charge in [-0.05, 0) is 42.8 Å². The molecule has 3 rings (SSSR count). The maximum atomic E-state index is 13.5. The van der Waals surface area contributed by atoms with Crippen molar-refractivity contribution in [1.82, 2.24) is 9.80 Å². The number of Topliss-reactive ketones (excluding diaryl/α,β-unsaturated/α-hetero) is 1. The summed E-state index contributed by atoms with van der Waals surface area (Å²) >= 11 is 0. The molecule has 1 N–H and O–H groups in total. The Labute approximate surface area is 182 Å². The highest BCUT2D eigenvalue weighted by molar-refractivity contribution is 6.46. The lowest BCUT2D eigenvalue weighted by molar-refractivity contribution is -0.140. The number of benzene rings is 2. The Balaban J connectivity index is 2.07. The second-order valence-corrected chi connectivity index (χ2v) is 7.62. The van der Waals surface area contributed by atoms with Crippen molar-refractivity contribution in [3.8, 4) is 0 Å². The van der Waals surface area contributed by atoms with E-state index in [4.69, 9.17) is 0 Å².